The maximum atomic E-state index is 13.2. The highest BCUT2D eigenvalue weighted by molar-refractivity contribution is 7.89. The highest BCUT2D eigenvalue weighted by Crippen LogP contribution is 2.45. The number of esters is 1. The smallest absolute Gasteiger partial charge is 0.309 e. The number of nitrogens with two attached hydrogens (primary N) is 1. The molecule has 2 aliphatic rings. The quantitative estimate of drug-likeness (QED) is 0.429. The molecule has 4 N–H and O–H groups in total. The molecule has 0 bridgehead atoms. The molecule has 0 spiro atoms. The van der Waals surface area contributed by atoms with Crippen molar-refractivity contribution < 1.29 is 27.5 Å². The van der Waals surface area contributed by atoms with Gasteiger partial charge in [-0.15, -0.1) is 11.3 Å². The summed E-state index contributed by atoms with van der Waals surface area (Å²) in [5.74, 6) is -1.67. The van der Waals surface area contributed by atoms with Crippen molar-refractivity contribution in [2.75, 3.05) is 25.0 Å². The van der Waals surface area contributed by atoms with Crippen molar-refractivity contribution in [3.05, 3.63) is 45.8 Å². The van der Waals surface area contributed by atoms with Crippen molar-refractivity contribution in [3.63, 3.8) is 0 Å². The third-order valence-electron chi connectivity index (χ3n) is 7.15. The molecule has 0 saturated carbocycles. The minimum absolute atomic E-state index is 0.0631. The first-order chi connectivity index (χ1) is 18.2. The average molecular weight is 577 g/mol. The number of thiophene rings is 1. The number of fused-ring (bicyclic) bond motifs is 1. The first kappa shape index (κ1) is 29.2. The molecule has 10 nitrogen and oxygen atoms in total. The molecule has 212 valence electrons. The zero-order valence-electron chi connectivity index (χ0n) is 22.9. The highest BCUT2D eigenvalue weighted by Gasteiger charge is 2.41. The van der Waals surface area contributed by atoms with E-state index in [2.05, 4.69) is 24.5 Å². The van der Waals surface area contributed by atoms with Gasteiger partial charge in [-0.3, -0.25) is 14.4 Å². The van der Waals surface area contributed by atoms with Crippen molar-refractivity contribution in [1.29, 1.82) is 0 Å². The molecule has 0 radical (unpaired) electrons. The lowest BCUT2D eigenvalue weighted by atomic mass is 9.81. The van der Waals surface area contributed by atoms with Gasteiger partial charge in [-0.25, -0.2) is 8.42 Å². The Bertz CT molecular complexity index is 1390. The van der Waals surface area contributed by atoms with Gasteiger partial charge < -0.3 is 21.1 Å². The Hall–Kier alpha value is -2.80. The molecule has 1 aromatic carbocycles. The number of rotatable bonds is 7. The van der Waals surface area contributed by atoms with Crippen LogP contribution in [0, 0.1) is 5.92 Å². The van der Waals surface area contributed by atoms with Gasteiger partial charge in [0.2, 0.25) is 10.0 Å². The van der Waals surface area contributed by atoms with Crippen LogP contribution in [0.5, 0.6) is 0 Å². The Balaban J connectivity index is 1.50. The van der Waals surface area contributed by atoms with Crippen LogP contribution in [0.25, 0.3) is 0 Å². The minimum Gasteiger partial charge on any atom is -0.466 e. The number of hydrogen-bond donors (Lipinski definition) is 3. The average Bonchev–Trinajstić information content (AvgIpc) is 3.21. The maximum Gasteiger partial charge on any atom is 0.309 e. The van der Waals surface area contributed by atoms with Gasteiger partial charge in [0.25, 0.3) is 11.8 Å². The molecule has 2 amide bonds. The number of anilines is 1. The van der Waals surface area contributed by atoms with Crippen LogP contribution in [-0.2, 0) is 31.5 Å². The van der Waals surface area contributed by atoms with E-state index < -0.39 is 27.4 Å². The topological polar surface area (TPSA) is 148 Å². The summed E-state index contributed by atoms with van der Waals surface area (Å²) in [6, 6.07) is 5.68. The predicted molar refractivity (Wildman–Crippen MR) is 149 cm³/mol. The lowest BCUT2D eigenvalue weighted by Crippen LogP contribution is -2.55. The molecule has 0 atom stereocenters. The third kappa shape index (κ3) is 5.88. The first-order valence-electron chi connectivity index (χ1n) is 13.0. The summed E-state index contributed by atoms with van der Waals surface area (Å²) in [5.41, 5.74) is 6.46. The molecule has 3 heterocycles. The fourth-order valence-electron chi connectivity index (χ4n) is 5.57. The molecular formula is C27H36N4O6S2. The van der Waals surface area contributed by atoms with E-state index in [1.165, 1.54) is 39.9 Å². The number of piperidine rings is 1. The standard InChI is InChI=1S/C27H36N4O6S2/c1-6-37-25(34)17-11-13-31(14-12-17)39(35,36)18-9-7-16(8-10-18)23(33)29-24-20(22(28)32)19-15-26(2,3)30-27(4,5)21(19)38-24/h7-10,17,30H,6,11-15H2,1-5H3,(H2,28,32)(H,29,33). The number of amides is 2. The zero-order valence-corrected chi connectivity index (χ0v) is 24.6. The molecule has 1 saturated heterocycles. The number of sulfonamides is 1. The van der Waals surface area contributed by atoms with Gasteiger partial charge >= 0.3 is 5.97 Å². The predicted octanol–water partition coefficient (Wildman–Crippen LogP) is 3.22. The Morgan fingerprint density at radius 2 is 1.74 bits per heavy atom. The Kier molecular flexibility index (Phi) is 7.96. The van der Waals surface area contributed by atoms with Crippen molar-refractivity contribution in [1.82, 2.24) is 9.62 Å². The second-order valence-electron chi connectivity index (χ2n) is 11.2. The lowest BCUT2D eigenvalue weighted by molar-refractivity contribution is -0.149. The van der Waals surface area contributed by atoms with Crippen LogP contribution in [0.3, 0.4) is 0 Å². The van der Waals surface area contributed by atoms with Crippen molar-refractivity contribution in [2.24, 2.45) is 11.7 Å². The maximum absolute atomic E-state index is 13.2. The lowest BCUT2D eigenvalue weighted by Gasteiger charge is -2.42. The van der Waals surface area contributed by atoms with E-state index in [-0.39, 0.29) is 41.0 Å². The number of benzene rings is 1. The molecule has 1 aromatic heterocycles. The van der Waals surface area contributed by atoms with Crippen LogP contribution in [-0.4, -0.2) is 55.7 Å². The van der Waals surface area contributed by atoms with Crippen LogP contribution >= 0.6 is 11.3 Å². The summed E-state index contributed by atoms with van der Waals surface area (Å²) in [6.45, 7) is 10.6. The monoisotopic (exact) mass is 576 g/mol. The van der Waals surface area contributed by atoms with Crippen molar-refractivity contribution in [2.45, 2.75) is 69.9 Å². The van der Waals surface area contributed by atoms with E-state index in [4.69, 9.17) is 10.5 Å². The van der Waals surface area contributed by atoms with Crippen LogP contribution < -0.4 is 16.4 Å². The highest BCUT2D eigenvalue weighted by atomic mass is 32.2. The number of ether oxygens (including phenoxy) is 1. The molecule has 12 heteroatoms. The number of carbonyl (C=O) groups excluding carboxylic acids is 3. The van der Waals surface area contributed by atoms with Crippen LogP contribution in [0.4, 0.5) is 5.00 Å². The zero-order chi connectivity index (χ0) is 28.8. The number of hydrogen-bond acceptors (Lipinski definition) is 8. The summed E-state index contributed by atoms with van der Waals surface area (Å²) in [5, 5.41) is 6.78. The molecule has 4 rings (SSSR count). The second kappa shape index (κ2) is 10.6. The Labute approximate surface area is 233 Å². The molecule has 39 heavy (non-hydrogen) atoms. The number of nitrogens with one attached hydrogen (secondary N) is 2. The van der Waals surface area contributed by atoms with Crippen LogP contribution in [0.1, 0.15) is 78.6 Å². The number of nitrogens with zero attached hydrogens (tertiary/aromatic N) is 1. The van der Waals surface area contributed by atoms with Gasteiger partial charge in [-0.05, 0) is 83.7 Å². The van der Waals surface area contributed by atoms with Crippen molar-refractivity contribution in [3.8, 4) is 0 Å². The van der Waals surface area contributed by atoms with E-state index in [1.54, 1.807) is 6.92 Å². The first-order valence-corrected chi connectivity index (χ1v) is 15.3. The minimum atomic E-state index is -3.79. The van der Waals surface area contributed by atoms with E-state index >= 15 is 0 Å². The van der Waals surface area contributed by atoms with E-state index in [9.17, 15) is 22.8 Å². The molecule has 2 aromatic rings. The third-order valence-corrected chi connectivity index (χ3v) is 10.5. The second-order valence-corrected chi connectivity index (χ2v) is 14.2. The molecule has 0 aliphatic carbocycles. The van der Waals surface area contributed by atoms with Crippen LogP contribution in [0.2, 0.25) is 0 Å². The van der Waals surface area contributed by atoms with Gasteiger partial charge in [0.15, 0.2) is 0 Å². The van der Waals surface area contributed by atoms with E-state index in [0.29, 0.717) is 36.4 Å². The van der Waals surface area contributed by atoms with Gasteiger partial charge in [0.05, 0.1) is 23.0 Å². The normalized spacial score (nSPS) is 19.2. The summed E-state index contributed by atoms with van der Waals surface area (Å²) in [6.07, 6.45) is 1.38. The largest absolute Gasteiger partial charge is 0.466 e. The fraction of sp³-hybridized carbons (Fsp3) is 0.519. The fourth-order valence-corrected chi connectivity index (χ4v) is 8.32. The van der Waals surface area contributed by atoms with Crippen LogP contribution in [0.15, 0.2) is 29.2 Å². The van der Waals surface area contributed by atoms with Crippen molar-refractivity contribution >= 4 is 44.1 Å². The van der Waals surface area contributed by atoms with E-state index in [0.717, 1.165) is 10.4 Å². The summed E-state index contributed by atoms with van der Waals surface area (Å²) in [7, 11) is -3.79. The van der Waals surface area contributed by atoms with Gasteiger partial charge in [-0.2, -0.15) is 4.31 Å². The summed E-state index contributed by atoms with van der Waals surface area (Å²) in [4.78, 5) is 38.6. The van der Waals surface area contributed by atoms with Gasteiger partial charge in [0, 0.05) is 34.6 Å². The summed E-state index contributed by atoms with van der Waals surface area (Å²) >= 11 is 1.32. The number of primary amides is 1. The van der Waals surface area contributed by atoms with Gasteiger partial charge in [-0.1, -0.05) is 0 Å². The van der Waals surface area contributed by atoms with Gasteiger partial charge in [0.1, 0.15) is 5.00 Å². The van der Waals surface area contributed by atoms with E-state index in [1.807, 2.05) is 13.8 Å². The SMILES string of the molecule is CCOC(=O)C1CCN(S(=O)(=O)c2ccc(C(=O)Nc3sc4c(c3C(N)=O)CC(C)(C)NC4(C)C)cc2)CC1. The Morgan fingerprint density at radius 1 is 1.13 bits per heavy atom. The molecule has 1 fully saturated rings. The number of carbonyl (C=O) groups is 3. The summed E-state index contributed by atoms with van der Waals surface area (Å²) < 4.78 is 32.7. The molecule has 0 unspecified atom stereocenters. The molecular weight excluding hydrogens is 540 g/mol. The molecule has 2 aliphatic heterocycles. The Morgan fingerprint density at radius 3 is 2.31 bits per heavy atom.